The molecule has 2 heterocycles. The summed E-state index contributed by atoms with van der Waals surface area (Å²) in [7, 11) is 0. The normalized spacial score (nSPS) is 10.4. The lowest BCUT2D eigenvalue weighted by Crippen LogP contribution is -2.10. The number of hydrogen-bond acceptors (Lipinski definition) is 4. The zero-order valence-corrected chi connectivity index (χ0v) is 12.1. The Bertz CT molecular complexity index is 1010. The second-order valence-corrected chi connectivity index (χ2v) is 4.97. The minimum Gasteiger partial charge on any atom is -0.504 e. The fourth-order valence-corrected chi connectivity index (χ4v) is 2.41. The summed E-state index contributed by atoms with van der Waals surface area (Å²) in [6, 6.07) is 10.3. The number of amides is 1. The number of hydrogen-bond donors (Lipinski definition) is 3. The number of carbonyl (C=O) groups is 1. The Morgan fingerprint density at radius 3 is 2.61 bits per heavy atom. The highest BCUT2D eigenvalue weighted by Crippen LogP contribution is 2.28. The van der Waals surface area contributed by atoms with Crippen LogP contribution in [-0.2, 0) is 4.79 Å². The van der Waals surface area contributed by atoms with E-state index in [1.54, 1.807) is 47.2 Å². The first-order valence-corrected chi connectivity index (χ1v) is 6.75. The quantitative estimate of drug-likeness (QED) is 0.671. The number of nitrogens with zero attached hydrogens (tertiary/aromatic N) is 2. The number of aromatic nitrogens is 2. The topological polar surface area (TPSA) is 111 Å². The highest BCUT2D eigenvalue weighted by molar-refractivity contribution is 5.89. The van der Waals surface area contributed by atoms with Crippen molar-refractivity contribution in [1.29, 1.82) is 5.26 Å². The highest BCUT2D eigenvalue weighted by atomic mass is 16.3. The van der Waals surface area contributed by atoms with Gasteiger partial charge in [-0.05, 0) is 30.3 Å². The van der Waals surface area contributed by atoms with E-state index in [1.807, 2.05) is 0 Å². The Morgan fingerprint density at radius 2 is 2.00 bits per heavy atom. The molecule has 3 rings (SSSR count). The maximum absolute atomic E-state index is 11.7. The summed E-state index contributed by atoms with van der Waals surface area (Å²) in [5.41, 5.74) is 1.17. The van der Waals surface area contributed by atoms with Crippen LogP contribution in [0.4, 0.5) is 5.69 Å². The van der Waals surface area contributed by atoms with Crippen LogP contribution in [0, 0.1) is 11.3 Å². The van der Waals surface area contributed by atoms with Gasteiger partial charge in [0.25, 0.3) is 5.56 Å². The van der Waals surface area contributed by atoms with Gasteiger partial charge in [0, 0.05) is 24.5 Å². The van der Waals surface area contributed by atoms with Crippen molar-refractivity contribution in [2.45, 2.75) is 6.92 Å². The summed E-state index contributed by atoms with van der Waals surface area (Å²) in [6.45, 7) is 1.42. The summed E-state index contributed by atoms with van der Waals surface area (Å²) in [4.78, 5) is 25.3. The standard InChI is InChI=1S/C16H12N4O3/c1-9(21)18-10-2-4-11(5-3-10)20-7-6-13-14(20)15(22)12(8-17)16(23)19-13/h2-7H,1H3,(H,18,21)(H2,19,22,23). The summed E-state index contributed by atoms with van der Waals surface area (Å²) >= 11 is 0. The molecule has 0 aliphatic carbocycles. The number of nitrogens with one attached hydrogen (secondary N) is 2. The summed E-state index contributed by atoms with van der Waals surface area (Å²) < 4.78 is 1.65. The van der Waals surface area contributed by atoms with Crippen LogP contribution in [0.25, 0.3) is 16.7 Å². The molecule has 0 bridgehead atoms. The molecule has 3 N–H and O–H groups in total. The zero-order chi connectivity index (χ0) is 16.6. The van der Waals surface area contributed by atoms with Gasteiger partial charge < -0.3 is 20.0 Å². The van der Waals surface area contributed by atoms with Crippen molar-refractivity contribution in [2.24, 2.45) is 0 Å². The van der Waals surface area contributed by atoms with E-state index in [0.29, 0.717) is 22.4 Å². The molecular formula is C16H12N4O3. The number of H-pyrrole nitrogens is 1. The molecule has 0 radical (unpaired) electrons. The number of anilines is 1. The minimum atomic E-state index is -0.628. The van der Waals surface area contributed by atoms with Crippen LogP contribution < -0.4 is 10.9 Å². The molecule has 0 aliphatic rings. The summed E-state index contributed by atoms with van der Waals surface area (Å²) in [6.07, 6.45) is 1.68. The SMILES string of the molecule is CC(=O)Nc1ccc(-n2ccc3[nH]c(=O)c(C#N)c(O)c32)cc1. The van der Waals surface area contributed by atoms with Crippen molar-refractivity contribution in [3.63, 3.8) is 0 Å². The molecule has 0 saturated heterocycles. The zero-order valence-electron chi connectivity index (χ0n) is 12.1. The fourth-order valence-electron chi connectivity index (χ4n) is 2.41. The van der Waals surface area contributed by atoms with Crippen LogP contribution in [0.5, 0.6) is 5.75 Å². The van der Waals surface area contributed by atoms with Crippen LogP contribution in [0.2, 0.25) is 0 Å². The van der Waals surface area contributed by atoms with E-state index >= 15 is 0 Å². The second-order valence-electron chi connectivity index (χ2n) is 4.97. The fraction of sp³-hybridized carbons (Fsp3) is 0.0625. The highest BCUT2D eigenvalue weighted by Gasteiger charge is 2.15. The largest absolute Gasteiger partial charge is 0.504 e. The molecule has 7 nitrogen and oxygen atoms in total. The van der Waals surface area contributed by atoms with Crippen molar-refractivity contribution in [3.05, 3.63) is 52.4 Å². The molecule has 0 spiro atoms. The van der Waals surface area contributed by atoms with Crippen LogP contribution in [-0.4, -0.2) is 20.6 Å². The van der Waals surface area contributed by atoms with E-state index in [9.17, 15) is 14.7 Å². The molecule has 0 atom stereocenters. The molecule has 2 aromatic heterocycles. The van der Waals surface area contributed by atoms with Crippen molar-refractivity contribution in [2.75, 3.05) is 5.32 Å². The maximum Gasteiger partial charge on any atom is 0.270 e. The smallest absolute Gasteiger partial charge is 0.270 e. The van der Waals surface area contributed by atoms with E-state index in [0.717, 1.165) is 0 Å². The Balaban J connectivity index is 2.16. The van der Waals surface area contributed by atoms with Gasteiger partial charge in [-0.25, -0.2) is 0 Å². The van der Waals surface area contributed by atoms with Gasteiger partial charge in [-0.2, -0.15) is 5.26 Å². The van der Waals surface area contributed by atoms with Gasteiger partial charge in [-0.3, -0.25) is 9.59 Å². The van der Waals surface area contributed by atoms with Gasteiger partial charge in [0.15, 0.2) is 11.3 Å². The molecule has 0 unspecified atom stereocenters. The van der Waals surface area contributed by atoms with Crippen molar-refractivity contribution >= 4 is 22.6 Å². The Labute approximate surface area is 130 Å². The van der Waals surface area contributed by atoms with E-state index in [2.05, 4.69) is 10.3 Å². The first kappa shape index (κ1) is 14.4. The molecule has 3 aromatic rings. The number of fused-ring (bicyclic) bond motifs is 1. The van der Waals surface area contributed by atoms with Crippen molar-refractivity contribution < 1.29 is 9.90 Å². The van der Waals surface area contributed by atoms with Crippen LogP contribution in [0.15, 0.2) is 41.3 Å². The van der Waals surface area contributed by atoms with E-state index < -0.39 is 5.56 Å². The van der Waals surface area contributed by atoms with Gasteiger partial charge in [0.2, 0.25) is 5.91 Å². The third kappa shape index (κ3) is 2.42. The predicted octanol–water partition coefficient (Wildman–Crippen LogP) is 1.85. The number of rotatable bonds is 2. The molecule has 114 valence electrons. The Hall–Kier alpha value is -3.53. The molecule has 1 aromatic carbocycles. The molecule has 0 aliphatic heterocycles. The number of aromatic hydroxyl groups is 1. The average molecular weight is 308 g/mol. The van der Waals surface area contributed by atoms with E-state index in [4.69, 9.17) is 5.26 Å². The maximum atomic E-state index is 11.7. The number of benzene rings is 1. The Kier molecular flexibility index (Phi) is 3.35. The van der Waals surface area contributed by atoms with Gasteiger partial charge in [-0.1, -0.05) is 0 Å². The second kappa shape index (κ2) is 5.35. The molecule has 23 heavy (non-hydrogen) atoms. The van der Waals surface area contributed by atoms with Gasteiger partial charge in [0.1, 0.15) is 11.6 Å². The first-order valence-electron chi connectivity index (χ1n) is 6.75. The summed E-state index contributed by atoms with van der Waals surface area (Å²) in [5, 5.41) is 21.9. The van der Waals surface area contributed by atoms with Crippen LogP contribution in [0.3, 0.4) is 0 Å². The first-order chi connectivity index (χ1) is 11.0. The number of carbonyl (C=O) groups excluding carboxylic acids is 1. The van der Waals surface area contributed by atoms with Gasteiger partial charge in [-0.15, -0.1) is 0 Å². The van der Waals surface area contributed by atoms with E-state index in [1.165, 1.54) is 6.92 Å². The van der Waals surface area contributed by atoms with Gasteiger partial charge >= 0.3 is 0 Å². The Morgan fingerprint density at radius 1 is 1.30 bits per heavy atom. The third-order valence-corrected chi connectivity index (χ3v) is 3.40. The lowest BCUT2D eigenvalue weighted by molar-refractivity contribution is -0.114. The third-order valence-electron chi connectivity index (χ3n) is 3.40. The predicted molar refractivity (Wildman–Crippen MR) is 84.6 cm³/mol. The molecule has 1 amide bonds. The summed E-state index contributed by atoms with van der Waals surface area (Å²) in [5.74, 6) is -0.528. The minimum absolute atomic E-state index is 0.168. The molecular weight excluding hydrogens is 296 g/mol. The molecule has 7 heteroatoms. The van der Waals surface area contributed by atoms with Crippen molar-refractivity contribution in [3.8, 4) is 17.5 Å². The monoisotopic (exact) mass is 308 g/mol. The molecule has 0 fully saturated rings. The number of pyridine rings is 1. The van der Waals surface area contributed by atoms with Gasteiger partial charge in [0.05, 0.1) is 5.52 Å². The molecule has 0 saturated carbocycles. The number of aromatic amines is 1. The van der Waals surface area contributed by atoms with E-state index in [-0.39, 0.29) is 17.2 Å². The lowest BCUT2D eigenvalue weighted by Gasteiger charge is -2.09. The number of nitriles is 1. The average Bonchev–Trinajstić information content (AvgIpc) is 2.91. The van der Waals surface area contributed by atoms with Crippen molar-refractivity contribution in [1.82, 2.24) is 9.55 Å². The lowest BCUT2D eigenvalue weighted by atomic mass is 10.2. The van der Waals surface area contributed by atoms with Crippen LogP contribution >= 0.6 is 0 Å². The van der Waals surface area contributed by atoms with Crippen LogP contribution in [0.1, 0.15) is 12.5 Å².